The molecule has 0 aliphatic carbocycles. The molecular formula is C17H21NO4S2. The van der Waals surface area contributed by atoms with E-state index in [1.807, 2.05) is 38.3 Å². The number of rotatable bonds is 5. The molecule has 5 nitrogen and oxygen atoms in total. The second kappa shape index (κ2) is 7.04. The van der Waals surface area contributed by atoms with E-state index in [1.54, 1.807) is 0 Å². The van der Waals surface area contributed by atoms with Crippen molar-refractivity contribution in [2.75, 3.05) is 11.6 Å². The molecule has 0 fully saturated rings. The third kappa shape index (κ3) is 4.23. The third-order valence-electron chi connectivity index (χ3n) is 3.78. The molecule has 0 atom stereocenters. The molecular weight excluding hydrogens is 346 g/mol. The number of thiophene rings is 1. The van der Waals surface area contributed by atoms with Gasteiger partial charge < -0.3 is 5.32 Å². The molecule has 24 heavy (non-hydrogen) atoms. The zero-order valence-corrected chi connectivity index (χ0v) is 16.0. The monoisotopic (exact) mass is 367 g/mol. The summed E-state index contributed by atoms with van der Waals surface area (Å²) in [6.07, 6.45) is 1.04. The highest BCUT2D eigenvalue weighted by Gasteiger charge is 2.17. The van der Waals surface area contributed by atoms with Gasteiger partial charge in [-0.1, -0.05) is 12.1 Å². The quantitative estimate of drug-likeness (QED) is 0.817. The molecule has 2 aromatic rings. The second-order valence-electron chi connectivity index (χ2n) is 5.80. The largest absolute Gasteiger partial charge is 0.317 e. The van der Waals surface area contributed by atoms with Crippen LogP contribution in [0.2, 0.25) is 0 Å². The van der Waals surface area contributed by atoms with Crippen molar-refractivity contribution >= 4 is 32.4 Å². The summed E-state index contributed by atoms with van der Waals surface area (Å²) >= 11 is 1.48. The van der Waals surface area contributed by atoms with E-state index in [2.05, 4.69) is 5.32 Å². The molecule has 0 radical (unpaired) electrons. The van der Waals surface area contributed by atoms with Gasteiger partial charge >= 0.3 is 0 Å². The van der Waals surface area contributed by atoms with Crippen molar-refractivity contribution in [3.05, 3.63) is 39.8 Å². The summed E-state index contributed by atoms with van der Waals surface area (Å²) in [5.41, 5.74) is 5.76. The lowest BCUT2D eigenvalue weighted by molar-refractivity contribution is -0.114. The molecule has 0 saturated carbocycles. The molecule has 7 heteroatoms. The molecule has 0 unspecified atom stereocenters. The number of benzene rings is 1. The molecule has 1 heterocycles. The topological polar surface area (TPSA) is 72.5 Å². The number of aryl methyl sites for hydroxylation is 2. The highest BCUT2D eigenvalue weighted by Crippen LogP contribution is 2.40. The number of nitrogens with one attached hydrogen (secondary N) is 1. The predicted octanol–water partition coefficient (Wildman–Crippen LogP) is 3.77. The molecule has 0 spiro atoms. The van der Waals surface area contributed by atoms with Crippen LogP contribution in [0.5, 0.6) is 0 Å². The van der Waals surface area contributed by atoms with Gasteiger partial charge in [-0.15, -0.1) is 11.3 Å². The summed E-state index contributed by atoms with van der Waals surface area (Å²) in [5.74, 6) is -0.122. The number of hydrogen-bond acceptors (Lipinski definition) is 5. The van der Waals surface area contributed by atoms with Gasteiger partial charge in [0.1, 0.15) is 5.00 Å². The molecule has 2 rings (SSSR count). The summed E-state index contributed by atoms with van der Waals surface area (Å²) in [6.45, 7) is 7.34. The molecule has 1 aromatic carbocycles. The van der Waals surface area contributed by atoms with Crippen molar-refractivity contribution in [3.63, 3.8) is 0 Å². The van der Waals surface area contributed by atoms with Crippen LogP contribution in [-0.2, 0) is 25.7 Å². The van der Waals surface area contributed by atoms with Crippen molar-refractivity contribution in [1.82, 2.24) is 0 Å². The van der Waals surface area contributed by atoms with Crippen LogP contribution in [0.1, 0.15) is 29.2 Å². The lowest BCUT2D eigenvalue weighted by Crippen LogP contribution is -2.07. The van der Waals surface area contributed by atoms with Gasteiger partial charge in [-0.2, -0.15) is 8.42 Å². The number of carbonyl (C=O) groups excluding carboxylic acids is 1. The highest BCUT2D eigenvalue weighted by atomic mass is 32.2. The van der Waals surface area contributed by atoms with Crippen LogP contribution < -0.4 is 5.32 Å². The van der Waals surface area contributed by atoms with Crippen LogP contribution >= 0.6 is 11.3 Å². The average molecular weight is 367 g/mol. The Balaban J connectivity index is 2.53. The van der Waals surface area contributed by atoms with Crippen molar-refractivity contribution in [2.45, 2.75) is 34.3 Å². The van der Waals surface area contributed by atoms with Gasteiger partial charge in [-0.3, -0.25) is 8.98 Å². The van der Waals surface area contributed by atoms with Gasteiger partial charge in [0.25, 0.3) is 10.1 Å². The van der Waals surface area contributed by atoms with Crippen molar-refractivity contribution < 1.29 is 17.4 Å². The van der Waals surface area contributed by atoms with Gasteiger partial charge in [-0.25, -0.2) is 0 Å². The Hall–Kier alpha value is -1.70. The fourth-order valence-electron chi connectivity index (χ4n) is 2.58. The van der Waals surface area contributed by atoms with Crippen molar-refractivity contribution in [1.29, 1.82) is 0 Å². The fraction of sp³-hybridized carbons (Fsp3) is 0.353. The van der Waals surface area contributed by atoms with E-state index in [-0.39, 0.29) is 12.5 Å². The molecule has 1 N–H and O–H groups in total. The number of amides is 1. The Bertz CT molecular complexity index is 882. The zero-order valence-electron chi connectivity index (χ0n) is 14.4. The number of anilines is 1. The van der Waals surface area contributed by atoms with E-state index in [4.69, 9.17) is 4.18 Å². The average Bonchev–Trinajstić information content (AvgIpc) is 2.78. The van der Waals surface area contributed by atoms with Crippen molar-refractivity contribution in [3.8, 4) is 11.1 Å². The van der Waals surface area contributed by atoms with Gasteiger partial charge in [0.15, 0.2) is 0 Å². The minimum Gasteiger partial charge on any atom is -0.317 e. The van der Waals surface area contributed by atoms with E-state index >= 15 is 0 Å². The lowest BCUT2D eigenvalue weighted by atomic mass is 9.93. The molecule has 0 bridgehead atoms. The molecule has 0 aliphatic heterocycles. The van der Waals surface area contributed by atoms with Crippen LogP contribution in [-0.4, -0.2) is 20.6 Å². The summed E-state index contributed by atoms with van der Waals surface area (Å²) in [6, 6.07) is 3.94. The van der Waals surface area contributed by atoms with Crippen molar-refractivity contribution in [2.24, 2.45) is 0 Å². The maximum Gasteiger partial charge on any atom is 0.264 e. The minimum absolute atomic E-state index is 0.00297. The third-order valence-corrected chi connectivity index (χ3v) is 5.34. The van der Waals surface area contributed by atoms with E-state index in [1.165, 1.54) is 18.3 Å². The van der Waals surface area contributed by atoms with E-state index in [9.17, 15) is 13.2 Å². The molecule has 1 aromatic heterocycles. The van der Waals surface area contributed by atoms with Gasteiger partial charge in [0.05, 0.1) is 12.9 Å². The number of carbonyl (C=O) groups is 1. The maximum absolute atomic E-state index is 11.4. The van der Waals surface area contributed by atoms with E-state index in [0.717, 1.165) is 44.6 Å². The summed E-state index contributed by atoms with van der Waals surface area (Å²) in [4.78, 5) is 11.4. The minimum atomic E-state index is -3.51. The summed E-state index contributed by atoms with van der Waals surface area (Å²) in [5, 5.41) is 5.65. The number of hydrogen-bond donors (Lipinski definition) is 1. The standard InChI is InChI=1S/C17H21NO4S2/c1-10-6-7-14(12(3)15(10)8-22-24(5,20)21)16-11(2)9-23-17(16)18-13(4)19/h6-7,9H,8H2,1-5H3,(H,18,19). The first kappa shape index (κ1) is 18.6. The van der Waals surface area contributed by atoms with E-state index in [0.29, 0.717) is 0 Å². The predicted molar refractivity (Wildman–Crippen MR) is 97.9 cm³/mol. The molecule has 130 valence electrons. The normalized spacial score (nSPS) is 11.5. The Morgan fingerprint density at radius 3 is 2.46 bits per heavy atom. The Labute approximate surface area is 146 Å². The molecule has 0 aliphatic rings. The van der Waals surface area contributed by atoms with Gasteiger partial charge in [-0.05, 0) is 54.0 Å². The maximum atomic E-state index is 11.4. The Kier molecular flexibility index (Phi) is 5.47. The van der Waals surface area contributed by atoms with Gasteiger partial charge in [0.2, 0.25) is 5.91 Å². The zero-order chi connectivity index (χ0) is 18.1. The highest BCUT2D eigenvalue weighted by molar-refractivity contribution is 7.85. The second-order valence-corrected chi connectivity index (χ2v) is 8.33. The first-order valence-electron chi connectivity index (χ1n) is 7.39. The van der Waals surface area contributed by atoms with Crippen LogP contribution in [0.4, 0.5) is 5.00 Å². The van der Waals surface area contributed by atoms with Crippen LogP contribution in [0.25, 0.3) is 11.1 Å². The van der Waals surface area contributed by atoms with Gasteiger partial charge in [0, 0.05) is 12.5 Å². The Morgan fingerprint density at radius 2 is 1.88 bits per heavy atom. The first-order chi connectivity index (χ1) is 11.1. The van der Waals surface area contributed by atoms with E-state index < -0.39 is 10.1 Å². The lowest BCUT2D eigenvalue weighted by Gasteiger charge is -2.16. The van der Waals surface area contributed by atoms with Crippen LogP contribution in [0, 0.1) is 20.8 Å². The van der Waals surface area contributed by atoms with Crippen LogP contribution in [0.3, 0.4) is 0 Å². The summed E-state index contributed by atoms with van der Waals surface area (Å²) < 4.78 is 27.6. The fourth-order valence-corrected chi connectivity index (χ4v) is 3.92. The first-order valence-corrected chi connectivity index (χ1v) is 10.1. The molecule has 1 amide bonds. The smallest absolute Gasteiger partial charge is 0.264 e. The summed E-state index contributed by atoms with van der Waals surface area (Å²) in [7, 11) is -3.51. The Morgan fingerprint density at radius 1 is 1.21 bits per heavy atom. The SMILES string of the molecule is CC(=O)Nc1scc(C)c1-c1ccc(C)c(COS(C)(=O)=O)c1C. The van der Waals surface area contributed by atoms with Crippen LogP contribution in [0.15, 0.2) is 17.5 Å². The molecule has 0 saturated heterocycles.